The highest BCUT2D eigenvalue weighted by Gasteiger charge is 2.49. The SMILES string of the molecule is C=C(C)C1(CCC)C(=O)NC(=S)NC1=O. The second-order valence-corrected chi connectivity index (χ2v) is 4.08. The first-order valence-corrected chi connectivity index (χ1v) is 5.18. The van der Waals surface area contributed by atoms with Gasteiger partial charge in [0.1, 0.15) is 5.41 Å². The maximum atomic E-state index is 11.8. The molecule has 2 amide bonds. The number of carbonyl (C=O) groups excluding carboxylic acids is 2. The van der Waals surface area contributed by atoms with E-state index in [9.17, 15) is 9.59 Å². The van der Waals surface area contributed by atoms with Gasteiger partial charge < -0.3 is 10.6 Å². The largest absolute Gasteiger partial charge is 0.302 e. The molecule has 1 aliphatic heterocycles. The molecule has 0 saturated carbocycles. The van der Waals surface area contributed by atoms with Crippen LogP contribution >= 0.6 is 12.2 Å². The summed E-state index contributed by atoms with van der Waals surface area (Å²) in [6, 6.07) is 0. The number of rotatable bonds is 3. The predicted molar refractivity (Wildman–Crippen MR) is 61.0 cm³/mol. The summed E-state index contributed by atoms with van der Waals surface area (Å²) >= 11 is 4.74. The fourth-order valence-corrected chi connectivity index (χ4v) is 1.94. The van der Waals surface area contributed by atoms with Crippen molar-refractivity contribution in [2.24, 2.45) is 5.41 Å². The molecule has 0 radical (unpaired) electrons. The number of carbonyl (C=O) groups is 2. The van der Waals surface area contributed by atoms with E-state index in [1.807, 2.05) is 6.92 Å². The first-order valence-electron chi connectivity index (χ1n) is 4.78. The summed E-state index contributed by atoms with van der Waals surface area (Å²) in [4.78, 5) is 23.7. The normalized spacial score (nSPS) is 19.5. The van der Waals surface area contributed by atoms with Crippen LogP contribution in [0.5, 0.6) is 0 Å². The van der Waals surface area contributed by atoms with Crippen LogP contribution < -0.4 is 10.6 Å². The van der Waals surface area contributed by atoms with Crippen LogP contribution in [0.25, 0.3) is 0 Å². The predicted octanol–water partition coefficient (Wildman–Crippen LogP) is 0.880. The topological polar surface area (TPSA) is 58.2 Å². The molecule has 82 valence electrons. The van der Waals surface area contributed by atoms with Crippen LogP contribution in [0.1, 0.15) is 26.7 Å². The van der Waals surface area contributed by atoms with Crippen LogP contribution in [-0.4, -0.2) is 16.9 Å². The molecule has 0 spiro atoms. The van der Waals surface area contributed by atoms with E-state index >= 15 is 0 Å². The third kappa shape index (κ3) is 1.79. The van der Waals surface area contributed by atoms with Crippen molar-refractivity contribution >= 4 is 29.1 Å². The van der Waals surface area contributed by atoms with Crippen LogP contribution in [0, 0.1) is 5.41 Å². The molecular weight excluding hydrogens is 212 g/mol. The average molecular weight is 226 g/mol. The van der Waals surface area contributed by atoms with Gasteiger partial charge in [-0.15, -0.1) is 0 Å². The maximum absolute atomic E-state index is 11.8. The Balaban J connectivity index is 3.15. The summed E-state index contributed by atoms with van der Waals surface area (Å²) in [7, 11) is 0. The van der Waals surface area contributed by atoms with Gasteiger partial charge in [0.25, 0.3) is 0 Å². The van der Waals surface area contributed by atoms with Gasteiger partial charge in [-0.05, 0) is 25.6 Å². The van der Waals surface area contributed by atoms with E-state index in [1.165, 1.54) is 0 Å². The summed E-state index contributed by atoms with van der Waals surface area (Å²) in [5.74, 6) is -0.740. The highest BCUT2D eigenvalue weighted by molar-refractivity contribution is 7.80. The fourth-order valence-electron chi connectivity index (χ4n) is 1.76. The first kappa shape index (κ1) is 11.8. The smallest absolute Gasteiger partial charge is 0.245 e. The molecule has 1 rings (SSSR count). The van der Waals surface area contributed by atoms with Crippen molar-refractivity contribution in [2.75, 3.05) is 0 Å². The summed E-state index contributed by atoms with van der Waals surface area (Å²) in [6.45, 7) is 7.33. The lowest BCUT2D eigenvalue weighted by atomic mass is 9.75. The minimum Gasteiger partial charge on any atom is -0.302 e. The molecular formula is C10H14N2O2S. The molecule has 0 aromatic heterocycles. The molecule has 0 bridgehead atoms. The van der Waals surface area contributed by atoms with E-state index in [1.54, 1.807) is 6.92 Å². The number of hydrogen-bond donors (Lipinski definition) is 2. The molecule has 5 heteroatoms. The van der Waals surface area contributed by atoms with Gasteiger partial charge in [-0.3, -0.25) is 9.59 Å². The van der Waals surface area contributed by atoms with E-state index < -0.39 is 5.41 Å². The van der Waals surface area contributed by atoms with E-state index in [2.05, 4.69) is 17.2 Å². The first-order chi connectivity index (χ1) is 6.95. The molecule has 4 nitrogen and oxygen atoms in total. The fraction of sp³-hybridized carbons (Fsp3) is 0.500. The van der Waals surface area contributed by atoms with Gasteiger partial charge in [0.2, 0.25) is 11.8 Å². The lowest BCUT2D eigenvalue weighted by Gasteiger charge is -2.35. The summed E-state index contributed by atoms with van der Waals surface area (Å²) in [6.07, 6.45) is 1.17. The number of nitrogens with one attached hydrogen (secondary N) is 2. The summed E-state index contributed by atoms with van der Waals surface area (Å²) in [5, 5.41) is 5.00. The van der Waals surface area contributed by atoms with Crippen molar-refractivity contribution in [1.29, 1.82) is 0 Å². The Morgan fingerprint density at radius 3 is 2.20 bits per heavy atom. The van der Waals surface area contributed by atoms with Crippen LogP contribution in [0.15, 0.2) is 12.2 Å². The minimum atomic E-state index is -1.16. The van der Waals surface area contributed by atoms with Gasteiger partial charge in [0.05, 0.1) is 0 Å². The monoisotopic (exact) mass is 226 g/mol. The van der Waals surface area contributed by atoms with E-state index in [-0.39, 0.29) is 16.9 Å². The average Bonchev–Trinajstić information content (AvgIpc) is 2.10. The van der Waals surface area contributed by atoms with Crippen molar-refractivity contribution in [2.45, 2.75) is 26.7 Å². The highest BCUT2D eigenvalue weighted by Crippen LogP contribution is 2.33. The Hall–Kier alpha value is -1.23. The molecule has 1 heterocycles. The molecule has 0 aromatic rings. The zero-order valence-electron chi connectivity index (χ0n) is 8.85. The Morgan fingerprint density at radius 2 is 1.87 bits per heavy atom. The molecule has 15 heavy (non-hydrogen) atoms. The molecule has 1 fully saturated rings. The molecule has 0 atom stereocenters. The number of thiocarbonyl (C=S) groups is 1. The Labute approximate surface area is 94.1 Å². The molecule has 2 N–H and O–H groups in total. The number of hydrogen-bond acceptors (Lipinski definition) is 3. The Morgan fingerprint density at radius 1 is 1.40 bits per heavy atom. The van der Waals surface area contributed by atoms with Gasteiger partial charge in [-0.25, -0.2) is 0 Å². The molecule has 0 unspecified atom stereocenters. The Kier molecular flexibility index (Phi) is 3.24. The van der Waals surface area contributed by atoms with Crippen molar-refractivity contribution in [3.63, 3.8) is 0 Å². The van der Waals surface area contributed by atoms with Crippen molar-refractivity contribution in [3.05, 3.63) is 12.2 Å². The van der Waals surface area contributed by atoms with Crippen LogP contribution in [-0.2, 0) is 9.59 Å². The highest BCUT2D eigenvalue weighted by atomic mass is 32.1. The van der Waals surface area contributed by atoms with Gasteiger partial charge in [-0.2, -0.15) is 0 Å². The van der Waals surface area contributed by atoms with E-state index in [0.29, 0.717) is 12.0 Å². The van der Waals surface area contributed by atoms with Crippen LogP contribution in [0.2, 0.25) is 0 Å². The van der Waals surface area contributed by atoms with E-state index in [4.69, 9.17) is 12.2 Å². The third-order valence-electron chi connectivity index (χ3n) is 2.58. The van der Waals surface area contributed by atoms with Crippen LogP contribution in [0.3, 0.4) is 0 Å². The quantitative estimate of drug-likeness (QED) is 0.427. The second kappa shape index (κ2) is 4.10. The Bertz CT molecular complexity index is 329. The van der Waals surface area contributed by atoms with Crippen molar-refractivity contribution in [1.82, 2.24) is 10.6 Å². The lowest BCUT2D eigenvalue weighted by molar-refractivity contribution is -0.141. The zero-order valence-corrected chi connectivity index (χ0v) is 9.66. The molecule has 0 aromatic carbocycles. The molecule has 0 aliphatic carbocycles. The molecule has 1 saturated heterocycles. The van der Waals surface area contributed by atoms with Gasteiger partial charge in [0, 0.05) is 0 Å². The third-order valence-corrected chi connectivity index (χ3v) is 2.79. The van der Waals surface area contributed by atoms with Gasteiger partial charge in [-0.1, -0.05) is 25.5 Å². The summed E-state index contributed by atoms with van der Waals surface area (Å²) in [5.41, 5.74) is -0.612. The lowest BCUT2D eigenvalue weighted by Crippen LogP contribution is -2.62. The second-order valence-electron chi connectivity index (χ2n) is 3.67. The summed E-state index contributed by atoms with van der Waals surface area (Å²) < 4.78 is 0. The number of amides is 2. The van der Waals surface area contributed by atoms with Crippen molar-refractivity contribution < 1.29 is 9.59 Å². The zero-order chi connectivity index (χ0) is 11.6. The van der Waals surface area contributed by atoms with Crippen LogP contribution in [0.4, 0.5) is 0 Å². The molecule has 1 aliphatic rings. The van der Waals surface area contributed by atoms with Gasteiger partial charge >= 0.3 is 0 Å². The maximum Gasteiger partial charge on any atom is 0.245 e. The van der Waals surface area contributed by atoms with Crippen molar-refractivity contribution in [3.8, 4) is 0 Å². The minimum absolute atomic E-state index is 0.0676. The van der Waals surface area contributed by atoms with E-state index in [0.717, 1.165) is 6.42 Å². The van der Waals surface area contributed by atoms with Gasteiger partial charge in [0.15, 0.2) is 5.11 Å². The standard InChI is InChI=1S/C10H14N2O2S/c1-4-5-10(6(2)3)7(13)11-9(15)12-8(10)14/h2,4-5H2,1,3H3,(H2,11,12,13,14,15).